The summed E-state index contributed by atoms with van der Waals surface area (Å²) in [5.41, 5.74) is 1.94. The topological polar surface area (TPSA) is 93.8 Å². The molecule has 0 aliphatic heterocycles. The van der Waals surface area contributed by atoms with E-state index in [0.29, 0.717) is 17.6 Å². The Morgan fingerprint density at radius 2 is 2.33 bits per heavy atom. The number of aliphatic hydroxyl groups excluding tert-OH is 1. The van der Waals surface area contributed by atoms with Crippen molar-refractivity contribution in [2.24, 2.45) is 0 Å². The van der Waals surface area contributed by atoms with Crippen molar-refractivity contribution in [1.29, 1.82) is 0 Å². The molecule has 0 saturated carbocycles. The highest BCUT2D eigenvalue weighted by Crippen LogP contribution is 2.11. The first-order chi connectivity index (χ1) is 8.76. The molecule has 0 radical (unpaired) electrons. The normalized spacial score (nSPS) is 13.0. The van der Waals surface area contributed by atoms with E-state index in [0.717, 1.165) is 18.4 Å². The Morgan fingerprint density at radius 1 is 1.50 bits per heavy atom. The molecule has 0 amide bonds. The maximum absolute atomic E-state index is 11.5. The lowest BCUT2D eigenvalue weighted by molar-refractivity contribution is 0.234. The summed E-state index contributed by atoms with van der Waals surface area (Å²) in [7, 11) is 0. The van der Waals surface area contributed by atoms with Gasteiger partial charge in [0.15, 0.2) is 0 Å². The van der Waals surface area contributed by atoms with Crippen molar-refractivity contribution in [2.45, 2.75) is 32.4 Å². The van der Waals surface area contributed by atoms with Gasteiger partial charge in [0, 0.05) is 24.3 Å². The SMILES string of the molecule is CCC[C@H](CO)NCc1c[nH]c2c(=O)[nH]cnc12. The molecule has 2 rings (SSSR count). The van der Waals surface area contributed by atoms with Gasteiger partial charge in [0.1, 0.15) is 5.52 Å². The van der Waals surface area contributed by atoms with Gasteiger partial charge in [-0.1, -0.05) is 13.3 Å². The van der Waals surface area contributed by atoms with Crippen LogP contribution in [0.3, 0.4) is 0 Å². The zero-order chi connectivity index (χ0) is 13.0. The van der Waals surface area contributed by atoms with Crippen molar-refractivity contribution in [1.82, 2.24) is 20.3 Å². The average molecular weight is 250 g/mol. The van der Waals surface area contributed by atoms with Crippen LogP contribution in [0, 0.1) is 0 Å². The first kappa shape index (κ1) is 12.8. The van der Waals surface area contributed by atoms with Crippen LogP contribution < -0.4 is 10.9 Å². The molecule has 0 fully saturated rings. The highest BCUT2D eigenvalue weighted by molar-refractivity contribution is 5.77. The van der Waals surface area contributed by atoms with Crippen LogP contribution in [0.2, 0.25) is 0 Å². The van der Waals surface area contributed by atoms with E-state index in [-0.39, 0.29) is 18.2 Å². The Hall–Kier alpha value is -1.66. The number of nitrogens with one attached hydrogen (secondary N) is 3. The number of hydrogen-bond donors (Lipinski definition) is 4. The van der Waals surface area contributed by atoms with E-state index in [4.69, 9.17) is 0 Å². The number of fused-ring (bicyclic) bond motifs is 1. The summed E-state index contributed by atoms with van der Waals surface area (Å²) in [4.78, 5) is 21.1. The largest absolute Gasteiger partial charge is 0.395 e. The number of aromatic amines is 2. The third-order valence-electron chi connectivity index (χ3n) is 2.99. The molecule has 0 spiro atoms. The molecule has 1 atom stereocenters. The van der Waals surface area contributed by atoms with Crippen LogP contribution in [0.15, 0.2) is 17.3 Å². The van der Waals surface area contributed by atoms with E-state index in [1.165, 1.54) is 6.33 Å². The molecule has 0 aliphatic rings. The minimum absolute atomic E-state index is 0.0851. The Morgan fingerprint density at radius 3 is 3.06 bits per heavy atom. The Balaban J connectivity index is 2.12. The fourth-order valence-corrected chi connectivity index (χ4v) is 2.00. The number of rotatable bonds is 6. The predicted octanol–water partition coefficient (Wildman–Crippen LogP) is 0.502. The zero-order valence-corrected chi connectivity index (χ0v) is 10.4. The van der Waals surface area contributed by atoms with Gasteiger partial charge in [0.2, 0.25) is 0 Å². The summed E-state index contributed by atoms with van der Waals surface area (Å²) < 4.78 is 0. The lowest BCUT2D eigenvalue weighted by atomic mass is 10.1. The van der Waals surface area contributed by atoms with E-state index in [9.17, 15) is 9.90 Å². The smallest absolute Gasteiger partial charge is 0.275 e. The van der Waals surface area contributed by atoms with Gasteiger partial charge in [0.05, 0.1) is 18.5 Å². The molecule has 4 N–H and O–H groups in total. The molecule has 6 heteroatoms. The van der Waals surface area contributed by atoms with Gasteiger partial charge in [0.25, 0.3) is 5.56 Å². The number of H-pyrrole nitrogens is 2. The summed E-state index contributed by atoms with van der Waals surface area (Å²) in [6.45, 7) is 2.78. The van der Waals surface area contributed by atoms with Crippen molar-refractivity contribution in [3.63, 3.8) is 0 Å². The van der Waals surface area contributed by atoms with Crippen LogP contribution in [-0.4, -0.2) is 32.7 Å². The second-order valence-corrected chi connectivity index (χ2v) is 4.32. The third-order valence-corrected chi connectivity index (χ3v) is 2.99. The Kier molecular flexibility index (Phi) is 4.11. The molecule has 98 valence electrons. The van der Waals surface area contributed by atoms with E-state index in [1.807, 2.05) is 0 Å². The number of nitrogens with zero attached hydrogens (tertiary/aromatic N) is 1. The fraction of sp³-hybridized carbons (Fsp3) is 0.500. The number of aromatic nitrogens is 3. The molecule has 0 aliphatic carbocycles. The maximum atomic E-state index is 11.5. The van der Waals surface area contributed by atoms with Gasteiger partial charge < -0.3 is 20.4 Å². The monoisotopic (exact) mass is 250 g/mol. The van der Waals surface area contributed by atoms with Crippen molar-refractivity contribution >= 4 is 11.0 Å². The third kappa shape index (κ3) is 2.60. The average Bonchev–Trinajstić information content (AvgIpc) is 2.79. The molecular weight excluding hydrogens is 232 g/mol. The number of aliphatic hydroxyl groups is 1. The van der Waals surface area contributed by atoms with Crippen molar-refractivity contribution in [3.05, 3.63) is 28.4 Å². The molecule has 2 aromatic heterocycles. The van der Waals surface area contributed by atoms with Crippen LogP contribution in [0.4, 0.5) is 0 Å². The van der Waals surface area contributed by atoms with E-state index in [2.05, 4.69) is 27.2 Å². The molecule has 0 bridgehead atoms. The minimum Gasteiger partial charge on any atom is -0.395 e. The molecule has 2 aromatic rings. The second kappa shape index (κ2) is 5.79. The maximum Gasteiger partial charge on any atom is 0.275 e. The van der Waals surface area contributed by atoms with Crippen LogP contribution in [0.25, 0.3) is 11.0 Å². The fourth-order valence-electron chi connectivity index (χ4n) is 2.00. The minimum atomic E-state index is -0.168. The van der Waals surface area contributed by atoms with Gasteiger partial charge in [-0.2, -0.15) is 0 Å². The Bertz CT molecular complexity index is 560. The highest BCUT2D eigenvalue weighted by atomic mass is 16.3. The summed E-state index contributed by atoms with van der Waals surface area (Å²) >= 11 is 0. The van der Waals surface area contributed by atoms with Crippen LogP contribution in [0.5, 0.6) is 0 Å². The van der Waals surface area contributed by atoms with Gasteiger partial charge in [-0.05, 0) is 6.42 Å². The van der Waals surface area contributed by atoms with Crippen LogP contribution in [0.1, 0.15) is 25.3 Å². The first-order valence-electron chi connectivity index (χ1n) is 6.14. The summed E-state index contributed by atoms with van der Waals surface area (Å²) in [5, 5.41) is 12.5. The summed E-state index contributed by atoms with van der Waals surface area (Å²) in [6, 6.07) is 0.0851. The predicted molar refractivity (Wildman–Crippen MR) is 69.3 cm³/mol. The van der Waals surface area contributed by atoms with Crippen molar-refractivity contribution < 1.29 is 5.11 Å². The quantitative estimate of drug-likeness (QED) is 0.600. The molecular formula is C12H18N4O2. The summed E-state index contributed by atoms with van der Waals surface area (Å²) in [5.74, 6) is 0. The van der Waals surface area contributed by atoms with E-state index in [1.54, 1.807) is 6.20 Å². The Labute approximate surface area is 104 Å². The van der Waals surface area contributed by atoms with Crippen LogP contribution in [-0.2, 0) is 6.54 Å². The number of hydrogen-bond acceptors (Lipinski definition) is 4. The van der Waals surface area contributed by atoms with Gasteiger partial charge in [-0.25, -0.2) is 4.98 Å². The molecule has 0 unspecified atom stereocenters. The lowest BCUT2D eigenvalue weighted by Crippen LogP contribution is -2.31. The highest BCUT2D eigenvalue weighted by Gasteiger charge is 2.10. The standard InChI is InChI=1S/C12H18N4O2/c1-2-3-9(6-17)13-4-8-5-14-11-10(8)15-7-16-12(11)18/h5,7,9,13-14,17H,2-4,6H2,1H3,(H,15,16,18)/t9-/m1/s1. The summed E-state index contributed by atoms with van der Waals surface area (Å²) in [6.07, 6.45) is 5.12. The van der Waals surface area contributed by atoms with Gasteiger partial charge in [-0.3, -0.25) is 4.79 Å². The molecule has 0 aromatic carbocycles. The van der Waals surface area contributed by atoms with E-state index >= 15 is 0 Å². The van der Waals surface area contributed by atoms with Gasteiger partial charge >= 0.3 is 0 Å². The van der Waals surface area contributed by atoms with E-state index < -0.39 is 0 Å². The molecule has 2 heterocycles. The van der Waals surface area contributed by atoms with Crippen molar-refractivity contribution in [2.75, 3.05) is 6.61 Å². The van der Waals surface area contributed by atoms with Gasteiger partial charge in [-0.15, -0.1) is 0 Å². The molecule has 0 saturated heterocycles. The second-order valence-electron chi connectivity index (χ2n) is 4.32. The van der Waals surface area contributed by atoms with Crippen molar-refractivity contribution in [3.8, 4) is 0 Å². The lowest BCUT2D eigenvalue weighted by Gasteiger charge is -2.14. The first-order valence-corrected chi connectivity index (χ1v) is 6.14. The zero-order valence-electron chi connectivity index (χ0n) is 10.4. The van der Waals surface area contributed by atoms with Crippen LogP contribution >= 0.6 is 0 Å². The molecule has 6 nitrogen and oxygen atoms in total. The molecule has 18 heavy (non-hydrogen) atoms.